The predicted octanol–water partition coefficient (Wildman–Crippen LogP) is 4.92. The summed E-state index contributed by atoms with van der Waals surface area (Å²) >= 11 is 3.42. The summed E-state index contributed by atoms with van der Waals surface area (Å²) in [4.78, 5) is 14.6. The lowest BCUT2D eigenvalue weighted by atomic mass is 9.84. The van der Waals surface area contributed by atoms with Gasteiger partial charge >= 0.3 is 0 Å². The van der Waals surface area contributed by atoms with Crippen molar-refractivity contribution in [3.63, 3.8) is 0 Å². The largest absolute Gasteiger partial charge is 0.303 e. The van der Waals surface area contributed by atoms with Crippen LogP contribution in [-0.4, -0.2) is 30.3 Å². The van der Waals surface area contributed by atoms with Gasteiger partial charge in [0.2, 0.25) is 0 Å². The van der Waals surface area contributed by atoms with Crippen LogP contribution >= 0.6 is 15.9 Å². The van der Waals surface area contributed by atoms with Gasteiger partial charge in [-0.25, -0.2) is 0 Å². The van der Waals surface area contributed by atoms with E-state index in [0.717, 1.165) is 22.5 Å². The van der Waals surface area contributed by atoms with Gasteiger partial charge in [-0.05, 0) is 50.8 Å². The molecule has 1 fully saturated rings. The molecule has 0 saturated heterocycles. The van der Waals surface area contributed by atoms with Crippen molar-refractivity contribution in [2.75, 3.05) is 13.6 Å². The van der Waals surface area contributed by atoms with E-state index in [1.165, 1.54) is 32.1 Å². The second-order valence-corrected chi connectivity index (χ2v) is 7.16. The molecule has 1 aliphatic rings. The van der Waals surface area contributed by atoms with E-state index in [4.69, 9.17) is 0 Å². The fourth-order valence-corrected chi connectivity index (χ4v) is 3.66. The summed E-state index contributed by atoms with van der Waals surface area (Å²) < 4.78 is 0.972. The maximum atomic E-state index is 12.2. The third-order valence-electron chi connectivity index (χ3n) is 4.86. The molecule has 0 radical (unpaired) electrons. The molecule has 0 aromatic heterocycles. The summed E-state index contributed by atoms with van der Waals surface area (Å²) in [6, 6.07) is 8.36. The van der Waals surface area contributed by atoms with Crippen LogP contribution in [0.5, 0.6) is 0 Å². The zero-order valence-electron chi connectivity index (χ0n) is 13.1. The molecule has 1 saturated carbocycles. The van der Waals surface area contributed by atoms with Gasteiger partial charge in [-0.15, -0.1) is 0 Å². The maximum Gasteiger partial charge on any atom is 0.164 e. The van der Waals surface area contributed by atoms with Crippen LogP contribution in [0.15, 0.2) is 28.7 Å². The lowest BCUT2D eigenvalue weighted by molar-refractivity contribution is 0.0946. The molecule has 3 heteroatoms. The highest BCUT2D eigenvalue weighted by Gasteiger charge is 2.23. The average molecular weight is 352 g/mol. The molecule has 0 bridgehead atoms. The Morgan fingerprint density at radius 3 is 2.62 bits per heavy atom. The number of benzene rings is 1. The number of hydrogen-bond acceptors (Lipinski definition) is 2. The molecule has 116 valence electrons. The standard InChI is InChI=1S/C18H26BrNO/c1-3-14-7-9-17(10-8-14)20(2)12-11-18(21)15-5-4-6-16(19)13-15/h4-6,13-14,17H,3,7-12H2,1-2H3. The quantitative estimate of drug-likeness (QED) is 0.677. The summed E-state index contributed by atoms with van der Waals surface area (Å²) in [5.41, 5.74) is 0.812. The van der Waals surface area contributed by atoms with Gasteiger partial charge in [-0.3, -0.25) is 4.79 Å². The number of ketones is 1. The SMILES string of the molecule is CCC1CCC(N(C)CCC(=O)c2cccc(Br)c2)CC1. The van der Waals surface area contributed by atoms with E-state index in [1.807, 2.05) is 24.3 Å². The second-order valence-electron chi connectivity index (χ2n) is 6.25. The Balaban J connectivity index is 1.79. The number of rotatable bonds is 6. The smallest absolute Gasteiger partial charge is 0.164 e. The number of hydrogen-bond donors (Lipinski definition) is 0. The van der Waals surface area contributed by atoms with Crippen molar-refractivity contribution in [2.45, 2.75) is 51.5 Å². The van der Waals surface area contributed by atoms with Crippen molar-refractivity contribution in [3.8, 4) is 0 Å². The molecule has 0 amide bonds. The van der Waals surface area contributed by atoms with Gasteiger partial charge in [0.15, 0.2) is 5.78 Å². The first kappa shape index (κ1) is 16.7. The van der Waals surface area contributed by atoms with E-state index in [1.54, 1.807) is 0 Å². The third-order valence-corrected chi connectivity index (χ3v) is 5.35. The van der Waals surface area contributed by atoms with Gasteiger partial charge in [0.25, 0.3) is 0 Å². The molecule has 0 spiro atoms. The highest BCUT2D eigenvalue weighted by atomic mass is 79.9. The van der Waals surface area contributed by atoms with Crippen molar-refractivity contribution in [3.05, 3.63) is 34.3 Å². The van der Waals surface area contributed by atoms with Gasteiger partial charge in [-0.2, -0.15) is 0 Å². The van der Waals surface area contributed by atoms with Gasteiger partial charge in [0, 0.05) is 29.0 Å². The minimum absolute atomic E-state index is 0.241. The Kier molecular flexibility index (Phi) is 6.43. The fourth-order valence-electron chi connectivity index (χ4n) is 3.26. The molecular formula is C18H26BrNO. The van der Waals surface area contributed by atoms with Crippen molar-refractivity contribution < 1.29 is 4.79 Å². The molecule has 2 nitrogen and oxygen atoms in total. The summed E-state index contributed by atoms with van der Waals surface area (Å²) in [5, 5.41) is 0. The van der Waals surface area contributed by atoms with Crippen molar-refractivity contribution in [1.29, 1.82) is 0 Å². The van der Waals surface area contributed by atoms with Gasteiger partial charge in [-0.1, -0.05) is 41.4 Å². The number of Topliss-reactive ketones (excluding diaryl/α,β-unsaturated/α-hetero) is 1. The summed E-state index contributed by atoms with van der Waals surface area (Å²) in [5.74, 6) is 1.17. The lowest BCUT2D eigenvalue weighted by Crippen LogP contribution is -2.36. The third kappa shape index (κ3) is 4.93. The number of nitrogens with zero attached hydrogens (tertiary/aromatic N) is 1. The van der Waals surface area contributed by atoms with Crippen LogP contribution in [0, 0.1) is 5.92 Å². The van der Waals surface area contributed by atoms with Crippen molar-refractivity contribution in [1.82, 2.24) is 4.90 Å². The van der Waals surface area contributed by atoms with E-state index in [2.05, 4.69) is 34.8 Å². The van der Waals surface area contributed by atoms with Gasteiger partial charge in [0.1, 0.15) is 0 Å². The van der Waals surface area contributed by atoms with E-state index in [0.29, 0.717) is 12.5 Å². The summed E-state index contributed by atoms with van der Waals surface area (Å²) in [6.07, 6.45) is 7.22. The fraction of sp³-hybridized carbons (Fsp3) is 0.611. The second kappa shape index (κ2) is 8.09. The molecule has 0 aliphatic heterocycles. The molecule has 1 aromatic rings. The Hall–Kier alpha value is -0.670. The van der Waals surface area contributed by atoms with E-state index in [-0.39, 0.29) is 5.78 Å². The van der Waals surface area contributed by atoms with E-state index < -0.39 is 0 Å². The van der Waals surface area contributed by atoms with Crippen molar-refractivity contribution in [2.24, 2.45) is 5.92 Å². The molecule has 0 unspecified atom stereocenters. The topological polar surface area (TPSA) is 20.3 Å². The predicted molar refractivity (Wildman–Crippen MR) is 91.8 cm³/mol. The zero-order valence-corrected chi connectivity index (χ0v) is 14.7. The Bertz CT molecular complexity index is 466. The first-order valence-corrected chi connectivity index (χ1v) is 8.88. The highest BCUT2D eigenvalue weighted by Crippen LogP contribution is 2.29. The zero-order chi connectivity index (χ0) is 15.2. The first-order chi connectivity index (χ1) is 10.1. The molecule has 0 N–H and O–H groups in total. The molecular weight excluding hydrogens is 326 g/mol. The van der Waals surface area contributed by atoms with E-state index in [9.17, 15) is 4.79 Å². The van der Waals surface area contributed by atoms with Crippen LogP contribution in [0.25, 0.3) is 0 Å². The Morgan fingerprint density at radius 2 is 2.00 bits per heavy atom. The molecule has 2 rings (SSSR count). The Morgan fingerprint density at radius 1 is 1.29 bits per heavy atom. The molecule has 1 aromatic carbocycles. The van der Waals surface area contributed by atoms with Crippen LogP contribution in [0.3, 0.4) is 0 Å². The van der Waals surface area contributed by atoms with Gasteiger partial charge < -0.3 is 4.90 Å². The molecule has 0 heterocycles. The van der Waals surface area contributed by atoms with Crippen LogP contribution < -0.4 is 0 Å². The first-order valence-electron chi connectivity index (χ1n) is 8.09. The minimum atomic E-state index is 0.241. The monoisotopic (exact) mass is 351 g/mol. The number of halogens is 1. The molecule has 1 aliphatic carbocycles. The normalized spacial score (nSPS) is 22.5. The number of carbonyl (C=O) groups excluding carboxylic acids is 1. The van der Waals surface area contributed by atoms with Crippen LogP contribution in [-0.2, 0) is 0 Å². The highest BCUT2D eigenvalue weighted by molar-refractivity contribution is 9.10. The molecule has 0 atom stereocenters. The van der Waals surface area contributed by atoms with Crippen molar-refractivity contribution >= 4 is 21.7 Å². The molecule has 21 heavy (non-hydrogen) atoms. The minimum Gasteiger partial charge on any atom is -0.303 e. The number of carbonyl (C=O) groups is 1. The average Bonchev–Trinajstić information content (AvgIpc) is 2.52. The van der Waals surface area contributed by atoms with Crippen LogP contribution in [0.4, 0.5) is 0 Å². The maximum absolute atomic E-state index is 12.2. The van der Waals surface area contributed by atoms with Crippen LogP contribution in [0.1, 0.15) is 55.8 Å². The summed E-state index contributed by atoms with van der Waals surface area (Å²) in [6.45, 7) is 3.16. The lowest BCUT2D eigenvalue weighted by Gasteiger charge is -2.34. The Labute approximate surface area is 137 Å². The summed E-state index contributed by atoms with van der Waals surface area (Å²) in [7, 11) is 2.17. The van der Waals surface area contributed by atoms with Gasteiger partial charge in [0.05, 0.1) is 0 Å². The van der Waals surface area contributed by atoms with E-state index >= 15 is 0 Å². The van der Waals surface area contributed by atoms with Crippen LogP contribution in [0.2, 0.25) is 0 Å².